The maximum atomic E-state index is 12.8. The Hall–Kier alpha value is -0.810. The molecule has 0 atom stereocenters. The minimum atomic E-state index is -4.81. The lowest BCUT2D eigenvalue weighted by Crippen LogP contribution is -2.12. The lowest BCUT2D eigenvalue weighted by molar-refractivity contribution is -0.137. The molecule has 0 spiro atoms. The van der Waals surface area contributed by atoms with E-state index in [1.54, 1.807) is 0 Å². The quantitative estimate of drug-likeness (QED) is 0.553. The highest BCUT2D eigenvalue weighted by molar-refractivity contribution is 6.69. The summed E-state index contributed by atoms with van der Waals surface area (Å²) in [7, 11) is 0. The molecule has 7 heteroatoms. The first-order valence-electron chi connectivity index (χ1n) is 3.50. The van der Waals surface area contributed by atoms with Crippen LogP contribution >= 0.6 is 23.2 Å². The first kappa shape index (κ1) is 12.3. The highest BCUT2D eigenvalue weighted by Crippen LogP contribution is 2.36. The van der Waals surface area contributed by atoms with E-state index in [0.717, 1.165) is 0 Å². The maximum Gasteiger partial charge on any atom is 0.417 e. The fraction of sp³-hybridized carbons (Fsp3) is 0.125. The Morgan fingerprint density at radius 3 is 2.20 bits per heavy atom. The molecule has 0 unspecified atom stereocenters. The second-order valence-electron chi connectivity index (χ2n) is 2.56. The predicted octanol–water partition coefficient (Wildman–Crippen LogP) is 3.88. The SMILES string of the molecule is O=C(Cl)c1c(C(F)(F)F)ccc(F)c1Cl. The number of carbonyl (C=O) groups is 1. The van der Waals surface area contributed by atoms with E-state index >= 15 is 0 Å². The molecule has 0 amide bonds. The number of hydrogen-bond acceptors (Lipinski definition) is 1. The summed E-state index contributed by atoms with van der Waals surface area (Å²) in [5.74, 6) is -1.13. The summed E-state index contributed by atoms with van der Waals surface area (Å²) in [5, 5.41) is -2.38. The first-order valence-corrected chi connectivity index (χ1v) is 4.25. The van der Waals surface area contributed by atoms with E-state index in [1.807, 2.05) is 0 Å². The van der Waals surface area contributed by atoms with Crippen molar-refractivity contribution in [2.24, 2.45) is 0 Å². The molecule has 0 bridgehead atoms. The smallest absolute Gasteiger partial charge is 0.276 e. The minimum absolute atomic E-state index is 0.414. The van der Waals surface area contributed by atoms with E-state index in [9.17, 15) is 22.4 Å². The van der Waals surface area contributed by atoms with Gasteiger partial charge >= 0.3 is 6.18 Å². The summed E-state index contributed by atoms with van der Waals surface area (Å²) in [6, 6.07) is 0.936. The van der Waals surface area contributed by atoms with Crippen molar-refractivity contribution in [3.05, 3.63) is 34.1 Å². The summed E-state index contributed by atoms with van der Waals surface area (Å²) < 4.78 is 49.8. The van der Waals surface area contributed by atoms with Gasteiger partial charge in [-0.05, 0) is 23.7 Å². The monoisotopic (exact) mass is 260 g/mol. The topological polar surface area (TPSA) is 17.1 Å². The van der Waals surface area contributed by atoms with Crippen LogP contribution in [0.25, 0.3) is 0 Å². The van der Waals surface area contributed by atoms with Gasteiger partial charge in [0.1, 0.15) is 5.82 Å². The van der Waals surface area contributed by atoms with Crippen LogP contribution < -0.4 is 0 Å². The summed E-state index contributed by atoms with van der Waals surface area (Å²) in [5.41, 5.74) is -2.42. The van der Waals surface area contributed by atoms with Crippen molar-refractivity contribution in [1.29, 1.82) is 0 Å². The van der Waals surface area contributed by atoms with Crippen LogP contribution in [-0.2, 0) is 6.18 Å². The molecule has 0 aromatic heterocycles. The third-order valence-electron chi connectivity index (χ3n) is 1.60. The molecule has 1 rings (SSSR count). The van der Waals surface area contributed by atoms with Gasteiger partial charge in [-0.25, -0.2) is 4.39 Å². The van der Waals surface area contributed by atoms with E-state index < -0.39 is 33.4 Å². The molecule has 1 nitrogen and oxygen atoms in total. The van der Waals surface area contributed by atoms with Crippen LogP contribution in [0.4, 0.5) is 17.6 Å². The van der Waals surface area contributed by atoms with Crippen molar-refractivity contribution in [3.8, 4) is 0 Å². The molecule has 0 fully saturated rings. The number of hydrogen-bond donors (Lipinski definition) is 0. The standard InChI is InChI=1S/C8H2Cl2F4O/c9-6-4(11)2-1-3(8(12,13)14)5(6)7(10)15/h1-2H. The zero-order valence-corrected chi connectivity index (χ0v) is 8.34. The summed E-state index contributed by atoms with van der Waals surface area (Å²) in [6.07, 6.45) is -4.81. The number of halogens is 6. The molecule has 0 heterocycles. The first-order chi connectivity index (χ1) is 6.75. The lowest BCUT2D eigenvalue weighted by atomic mass is 10.1. The molecule has 15 heavy (non-hydrogen) atoms. The van der Waals surface area contributed by atoms with Crippen LogP contribution in [0.15, 0.2) is 12.1 Å². The lowest BCUT2D eigenvalue weighted by Gasteiger charge is -2.11. The van der Waals surface area contributed by atoms with E-state index in [1.165, 1.54) is 0 Å². The zero-order valence-electron chi connectivity index (χ0n) is 6.83. The highest BCUT2D eigenvalue weighted by atomic mass is 35.5. The van der Waals surface area contributed by atoms with Gasteiger partial charge in [0.05, 0.1) is 16.1 Å². The van der Waals surface area contributed by atoms with E-state index in [2.05, 4.69) is 0 Å². The van der Waals surface area contributed by atoms with Crippen LogP contribution in [0.2, 0.25) is 5.02 Å². The zero-order chi connectivity index (χ0) is 11.8. The normalized spacial score (nSPS) is 11.6. The Balaban J connectivity index is 3.55. The minimum Gasteiger partial charge on any atom is -0.276 e. The highest BCUT2D eigenvalue weighted by Gasteiger charge is 2.36. The van der Waals surface area contributed by atoms with Gasteiger partial charge in [0, 0.05) is 0 Å². The van der Waals surface area contributed by atoms with E-state index in [4.69, 9.17) is 23.2 Å². The Bertz CT molecular complexity index is 414. The van der Waals surface area contributed by atoms with Crippen LogP contribution in [0.3, 0.4) is 0 Å². The van der Waals surface area contributed by atoms with Gasteiger partial charge in [-0.3, -0.25) is 4.79 Å². The second kappa shape index (κ2) is 3.98. The third-order valence-corrected chi connectivity index (χ3v) is 2.16. The molecular weight excluding hydrogens is 259 g/mol. The molecule has 0 saturated heterocycles. The van der Waals surface area contributed by atoms with Gasteiger partial charge in [0.2, 0.25) is 0 Å². The van der Waals surface area contributed by atoms with Crippen LogP contribution in [0.5, 0.6) is 0 Å². The Morgan fingerprint density at radius 2 is 1.80 bits per heavy atom. The Kier molecular flexibility index (Phi) is 3.25. The maximum absolute atomic E-state index is 12.8. The number of rotatable bonds is 1. The second-order valence-corrected chi connectivity index (χ2v) is 3.28. The van der Waals surface area contributed by atoms with Gasteiger partial charge in [-0.15, -0.1) is 0 Å². The summed E-state index contributed by atoms with van der Waals surface area (Å²) in [4.78, 5) is 10.7. The van der Waals surface area contributed by atoms with Gasteiger partial charge in [-0.2, -0.15) is 13.2 Å². The van der Waals surface area contributed by atoms with Crippen LogP contribution in [0, 0.1) is 5.82 Å². The Morgan fingerprint density at radius 1 is 1.27 bits per heavy atom. The average molecular weight is 261 g/mol. The van der Waals surface area contributed by atoms with Crippen molar-refractivity contribution in [2.75, 3.05) is 0 Å². The van der Waals surface area contributed by atoms with Gasteiger partial charge in [0.25, 0.3) is 5.24 Å². The summed E-state index contributed by atoms with van der Waals surface area (Å²) in [6.45, 7) is 0. The molecular formula is C8H2Cl2F4O. The molecule has 0 aliphatic rings. The summed E-state index contributed by atoms with van der Waals surface area (Å²) >= 11 is 10.1. The average Bonchev–Trinajstić information content (AvgIpc) is 2.06. The van der Waals surface area contributed by atoms with Crippen molar-refractivity contribution in [1.82, 2.24) is 0 Å². The molecule has 82 valence electrons. The van der Waals surface area contributed by atoms with Gasteiger partial charge < -0.3 is 0 Å². The van der Waals surface area contributed by atoms with E-state index in [-0.39, 0.29) is 0 Å². The Labute approximate surface area is 91.6 Å². The van der Waals surface area contributed by atoms with Gasteiger partial charge in [0.15, 0.2) is 0 Å². The predicted molar refractivity (Wildman–Crippen MR) is 46.6 cm³/mol. The van der Waals surface area contributed by atoms with Crippen LogP contribution in [-0.4, -0.2) is 5.24 Å². The molecule has 1 aromatic rings. The van der Waals surface area contributed by atoms with Crippen molar-refractivity contribution in [3.63, 3.8) is 0 Å². The molecule has 0 aliphatic heterocycles. The number of alkyl halides is 3. The molecule has 0 N–H and O–H groups in total. The van der Waals surface area contributed by atoms with E-state index in [0.29, 0.717) is 12.1 Å². The van der Waals surface area contributed by atoms with Crippen molar-refractivity contribution in [2.45, 2.75) is 6.18 Å². The van der Waals surface area contributed by atoms with Gasteiger partial charge in [-0.1, -0.05) is 11.6 Å². The van der Waals surface area contributed by atoms with Crippen molar-refractivity contribution >= 4 is 28.4 Å². The molecule has 1 aromatic carbocycles. The fourth-order valence-electron chi connectivity index (χ4n) is 0.979. The van der Waals surface area contributed by atoms with Crippen LogP contribution in [0.1, 0.15) is 15.9 Å². The largest absolute Gasteiger partial charge is 0.417 e. The fourth-order valence-corrected chi connectivity index (χ4v) is 1.47. The molecule has 0 saturated carbocycles. The molecule has 0 radical (unpaired) electrons. The number of benzene rings is 1. The molecule has 0 aliphatic carbocycles. The third kappa shape index (κ3) is 2.41. The van der Waals surface area contributed by atoms with Crippen molar-refractivity contribution < 1.29 is 22.4 Å². The number of carbonyl (C=O) groups excluding carboxylic acids is 1.